The summed E-state index contributed by atoms with van der Waals surface area (Å²) in [6, 6.07) is -1.56. The van der Waals surface area contributed by atoms with E-state index in [-0.39, 0.29) is 11.9 Å². The zero-order valence-corrected chi connectivity index (χ0v) is 16.7. The third-order valence-corrected chi connectivity index (χ3v) is 4.06. The van der Waals surface area contributed by atoms with Gasteiger partial charge in [0.2, 0.25) is 11.8 Å². The fourth-order valence-corrected chi connectivity index (χ4v) is 2.50. The first-order valence-corrected chi connectivity index (χ1v) is 9.57. The fourth-order valence-electron chi connectivity index (χ4n) is 2.50. The molecular formula is C18H35N5O4. The first kappa shape index (κ1) is 24.7. The van der Waals surface area contributed by atoms with Crippen LogP contribution < -0.4 is 21.7 Å². The maximum atomic E-state index is 12.4. The molecule has 0 fully saturated rings. The van der Waals surface area contributed by atoms with E-state index in [0.717, 1.165) is 32.1 Å². The number of nitrogens with one attached hydrogen (secondary N) is 4. The van der Waals surface area contributed by atoms with E-state index in [1.807, 2.05) is 0 Å². The first-order valence-electron chi connectivity index (χ1n) is 9.57. The minimum atomic E-state index is -0.800. The average Bonchev–Trinajstić information content (AvgIpc) is 2.62. The SMILES string of the molecule is CCCCCCCC(=O)NC(CCCNC(=N)N)C(=O)NC(C)C(=O)OC. The number of nitrogens with two attached hydrogens (primary N) is 1. The predicted octanol–water partition coefficient (Wildman–Crippen LogP) is 0.773. The molecule has 0 heterocycles. The summed E-state index contributed by atoms with van der Waals surface area (Å²) in [5.41, 5.74) is 5.23. The highest BCUT2D eigenvalue weighted by atomic mass is 16.5. The van der Waals surface area contributed by atoms with E-state index in [2.05, 4.69) is 27.6 Å². The van der Waals surface area contributed by atoms with Crippen molar-refractivity contribution in [3.8, 4) is 0 Å². The molecule has 2 unspecified atom stereocenters. The van der Waals surface area contributed by atoms with Gasteiger partial charge in [0, 0.05) is 13.0 Å². The Hall–Kier alpha value is -2.32. The highest BCUT2D eigenvalue weighted by Crippen LogP contribution is 2.06. The van der Waals surface area contributed by atoms with E-state index in [4.69, 9.17) is 11.1 Å². The summed E-state index contributed by atoms with van der Waals surface area (Å²) >= 11 is 0. The molecule has 9 nitrogen and oxygen atoms in total. The molecule has 2 amide bonds. The Morgan fingerprint density at radius 1 is 1.07 bits per heavy atom. The lowest BCUT2D eigenvalue weighted by molar-refractivity contribution is -0.144. The van der Waals surface area contributed by atoms with E-state index in [9.17, 15) is 14.4 Å². The summed E-state index contributed by atoms with van der Waals surface area (Å²) in [6.45, 7) is 4.07. The molecule has 2 atom stereocenters. The zero-order chi connectivity index (χ0) is 20.7. The van der Waals surface area contributed by atoms with Crippen molar-refractivity contribution in [2.45, 2.75) is 77.3 Å². The van der Waals surface area contributed by atoms with Gasteiger partial charge in [0.1, 0.15) is 12.1 Å². The van der Waals surface area contributed by atoms with Gasteiger partial charge in [-0.2, -0.15) is 0 Å². The second-order valence-electron chi connectivity index (χ2n) is 6.52. The summed E-state index contributed by atoms with van der Waals surface area (Å²) in [6.07, 6.45) is 6.42. The van der Waals surface area contributed by atoms with Crippen LogP contribution in [-0.4, -0.2) is 49.5 Å². The highest BCUT2D eigenvalue weighted by Gasteiger charge is 2.24. The Bertz CT molecular complexity index is 484. The van der Waals surface area contributed by atoms with Crippen molar-refractivity contribution in [3.63, 3.8) is 0 Å². The number of rotatable bonds is 14. The number of hydrogen-bond donors (Lipinski definition) is 5. The van der Waals surface area contributed by atoms with Crippen LogP contribution in [0.4, 0.5) is 0 Å². The minimum absolute atomic E-state index is 0.147. The van der Waals surface area contributed by atoms with Gasteiger partial charge in [-0.1, -0.05) is 32.6 Å². The van der Waals surface area contributed by atoms with Crippen LogP contribution in [0.2, 0.25) is 0 Å². The lowest BCUT2D eigenvalue weighted by Gasteiger charge is -2.20. The summed E-state index contributed by atoms with van der Waals surface area (Å²) in [5.74, 6) is -1.32. The Labute approximate surface area is 161 Å². The summed E-state index contributed by atoms with van der Waals surface area (Å²) in [7, 11) is 1.25. The summed E-state index contributed by atoms with van der Waals surface area (Å²) < 4.78 is 4.60. The lowest BCUT2D eigenvalue weighted by Crippen LogP contribution is -2.51. The molecule has 0 saturated carbocycles. The molecule has 27 heavy (non-hydrogen) atoms. The normalized spacial score (nSPS) is 12.6. The quantitative estimate of drug-likeness (QED) is 0.129. The predicted molar refractivity (Wildman–Crippen MR) is 104 cm³/mol. The first-order chi connectivity index (χ1) is 12.8. The number of esters is 1. The second kappa shape index (κ2) is 14.8. The number of carbonyl (C=O) groups excluding carboxylic acids is 3. The van der Waals surface area contributed by atoms with Crippen LogP contribution >= 0.6 is 0 Å². The van der Waals surface area contributed by atoms with Gasteiger partial charge in [0.25, 0.3) is 0 Å². The smallest absolute Gasteiger partial charge is 0.328 e. The monoisotopic (exact) mass is 385 g/mol. The van der Waals surface area contributed by atoms with E-state index in [0.29, 0.717) is 25.8 Å². The molecule has 0 aliphatic heterocycles. The molecule has 0 aromatic heterocycles. The Balaban J connectivity index is 4.57. The molecule has 0 bridgehead atoms. The number of guanidine groups is 1. The molecule has 0 aliphatic rings. The van der Waals surface area contributed by atoms with Crippen molar-refractivity contribution in [3.05, 3.63) is 0 Å². The second-order valence-corrected chi connectivity index (χ2v) is 6.52. The molecule has 156 valence electrons. The zero-order valence-electron chi connectivity index (χ0n) is 16.7. The topological polar surface area (TPSA) is 146 Å². The number of carbonyl (C=O) groups is 3. The lowest BCUT2D eigenvalue weighted by atomic mass is 10.1. The van der Waals surface area contributed by atoms with Gasteiger partial charge in [-0.3, -0.25) is 15.0 Å². The maximum Gasteiger partial charge on any atom is 0.328 e. The van der Waals surface area contributed by atoms with Crippen LogP contribution in [0.15, 0.2) is 0 Å². The summed E-state index contributed by atoms with van der Waals surface area (Å²) in [4.78, 5) is 36.1. The molecule has 0 aromatic rings. The molecule has 0 aromatic carbocycles. The molecule has 0 aliphatic carbocycles. The van der Waals surface area contributed by atoms with Gasteiger partial charge >= 0.3 is 5.97 Å². The number of methoxy groups -OCH3 is 1. The van der Waals surface area contributed by atoms with Crippen LogP contribution in [0.5, 0.6) is 0 Å². The maximum absolute atomic E-state index is 12.4. The van der Waals surface area contributed by atoms with Gasteiger partial charge in [-0.05, 0) is 26.2 Å². The van der Waals surface area contributed by atoms with Crippen molar-refractivity contribution >= 4 is 23.7 Å². The Morgan fingerprint density at radius 3 is 2.33 bits per heavy atom. The van der Waals surface area contributed by atoms with Crippen molar-refractivity contribution in [2.75, 3.05) is 13.7 Å². The molecule has 0 radical (unpaired) electrons. The van der Waals surface area contributed by atoms with Crippen LogP contribution in [-0.2, 0) is 19.1 Å². The largest absolute Gasteiger partial charge is 0.467 e. The number of unbranched alkanes of at least 4 members (excludes halogenated alkanes) is 4. The van der Waals surface area contributed by atoms with Crippen molar-refractivity contribution in [1.29, 1.82) is 5.41 Å². The van der Waals surface area contributed by atoms with Crippen LogP contribution in [0.3, 0.4) is 0 Å². The number of amides is 2. The van der Waals surface area contributed by atoms with Crippen molar-refractivity contribution in [1.82, 2.24) is 16.0 Å². The standard InChI is InChI=1S/C18H35N5O4/c1-4-5-6-7-8-11-15(24)23-14(10-9-12-21-18(19)20)16(25)22-13(2)17(26)27-3/h13-14H,4-12H2,1-3H3,(H,22,25)(H,23,24)(H4,19,20,21). The van der Waals surface area contributed by atoms with Crippen LogP contribution in [0.25, 0.3) is 0 Å². The van der Waals surface area contributed by atoms with Crippen molar-refractivity contribution in [2.24, 2.45) is 5.73 Å². The van der Waals surface area contributed by atoms with Crippen LogP contribution in [0, 0.1) is 5.41 Å². The van der Waals surface area contributed by atoms with E-state index in [1.54, 1.807) is 0 Å². The van der Waals surface area contributed by atoms with Gasteiger partial charge < -0.3 is 26.4 Å². The van der Waals surface area contributed by atoms with E-state index >= 15 is 0 Å². The molecule has 0 saturated heterocycles. The number of ether oxygens (including phenoxy) is 1. The molecule has 0 rings (SSSR count). The third kappa shape index (κ3) is 12.6. The molecule has 6 N–H and O–H groups in total. The van der Waals surface area contributed by atoms with E-state index in [1.165, 1.54) is 14.0 Å². The Kier molecular flexibility index (Phi) is 13.5. The highest BCUT2D eigenvalue weighted by molar-refractivity contribution is 5.90. The van der Waals surface area contributed by atoms with Gasteiger partial charge in [0.15, 0.2) is 5.96 Å². The third-order valence-electron chi connectivity index (χ3n) is 4.06. The summed E-state index contributed by atoms with van der Waals surface area (Å²) in [5, 5.41) is 15.1. The van der Waals surface area contributed by atoms with Crippen LogP contribution in [0.1, 0.15) is 65.2 Å². The fraction of sp³-hybridized carbons (Fsp3) is 0.778. The Morgan fingerprint density at radius 2 is 1.74 bits per heavy atom. The number of hydrogen-bond acceptors (Lipinski definition) is 5. The minimum Gasteiger partial charge on any atom is -0.467 e. The van der Waals surface area contributed by atoms with Crippen molar-refractivity contribution < 1.29 is 19.1 Å². The van der Waals surface area contributed by atoms with Gasteiger partial charge in [-0.15, -0.1) is 0 Å². The molecular weight excluding hydrogens is 350 g/mol. The van der Waals surface area contributed by atoms with Gasteiger partial charge in [0.05, 0.1) is 7.11 Å². The molecule has 0 spiro atoms. The van der Waals surface area contributed by atoms with E-state index < -0.39 is 24.0 Å². The van der Waals surface area contributed by atoms with Gasteiger partial charge in [-0.25, -0.2) is 4.79 Å². The molecule has 9 heteroatoms. The average molecular weight is 386 g/mol.